The predicted molar refractivity (Wildman–Crippen MR) is 135 cm³/mol. The number of amides is 1. The number of carbonyl (C=O) groups excluding carboxylic acids is 2. The summed E-state index contributed by atoms with van der Waals surface area (Å²) in [5.74, 6) is -3.69. The summed E-state index contributed by atoms with van der Waals surface area (Å²) in [6.07, 6.45) is 1.03. The number of aliphatic carboxylic acids is 1. The van der Waals surface area contributed by atoms with Crippen LogP contribution in [0.4, 0.5) is 0 Å². The first-order chi connectivity index (χ1) is 16.9. The van der Waals surface area contributed by atoms with Crippen molar-refractivity contribution < 1.29 is 49.4 Å². The number of hydrogen-bond donors (Lipinski definition) is 2. The zero-order valence-corrected chi connectivity index (χ0v) is 23.3. The average molecular weight is 514 g/mol. The maximum Gasteiger partial charge on any atom is 1.00 e. The Morgan fingerprint density at radius 3 is 2.19 bits per heavy atom. The summed E-state index contributed by atoms with van der Waals surface area (Å²) in [5, 5.41) is 24.6. The minimum atomic E-state index is -1.28. The van der Waals surface area contributed by atoms with E-state index in [1.807, 2.05) is 49.4 Å². The average Bonchev–Trinajstić information content (AvgIpc) is 2.83. The molecule has 0 heterocycles. The van der Waals surface area contributed by atoms with Gasteiger partial charge in [-0.05, 0) is 60.1 Å². The van der Waals surface area contributed by atoms with Crippen LogP contribution in [0.25, 0.3) is 11.1 Å². The quantitative estimate of drug-likeness (QED) is 0.415. The Morgan fingerprint density at radius 2 is 1.61 bits per heavy atom. The van der Waals surface area contributed by atoms with Crippen LogP contribution in [0.1, 0.15) is 30.4 Å². The molecule has 3 aromatic carbocycles. The number of carbonyl (C=O) groups is 2. The number of halogens is 1. The van der Waals surface area contributed by atoms with Gasteiger partial charge in [-0.3, -0.25) is 4.79 Å². The van der Waals surface area contributed by atoms with Crippen molar-refractivity contribution in [2.75, 3.05) is 6.61 Å². The fourth-order valence-corrected chi connectivity index (χ4v) is 5.14. The van der Waals surface area contributed by atoms with Gasteiger partial charge in [0.05, 0.1) is 0 Å². The van der Waals surface area contributed by atoms with E-state index in [0.29, 0.717) is 17.9 Å². The standard InChI is InChI=1S/C29H30ClNO4.Na/c1-18(31-28(33)26-16-23(17-32)27(26)29(34)35)25(15-19-7-13-24(30)14-8-19)22-11-9-21(10-12-22)20-5-3-2-4-6-20;/h2-14,18,23,25-27,32H,15-17H2,1H3,(H,31,33)(H,34,35);/q;+1/p-1/t18-,23+,25-,26-,27-;/m0./s1. The number of benzene rings is 3. The second kappa shape index (κ2) is 12.9. The molecule has 3 aromatic rings. The van der Waals surface area contributed by atoms with E-state index in [1.165, 1.54) is 0 Å². The molecule has 1 fully saturated rings. The van der Waals surface area contributed by atoms with Crippen molar-refractivity contribution in [1.82, 2.24) is 5.32 Å². The van der Waals surface area contributed by atoms with Gasteiger partial charge in [0, 0.05) is 41.4 Å². The number of aliphatic hydroxyl groups is 1. The van der Waals surface area contributed by atoms with E-state index in [4.69, 9.17) is 11.6 Å². The summed E-state index contributed by atoms with van der Waals surface area (Å²) < 4.78 is 0. The van der Waals surface area contributed by atoms with Crippen LogP contribution < -0.4 is 40.0 Å². The molecule has 0 bridgehead atoms. The van der Waals surface area contributed by atoms with Gasteiger partial charge in [-0.2, -0.15) is 0 Å². The summed E-state index contributed by atoms with van der Waals surface area (Å²) in [5.41, 5.74) is 4.40. The van der Waals surface area contributed by atoms with Crippen LogP contribution in [0.15, 0.2) is 78.9 Å². The maximum atomic E-state index is 13.0. The van der Waals surface area contributed by atoms with E-state index in [9.17, 15) is 19.8 Å². The molecular formula is C29H29ClNNaO4. The second-order valence-electron chi connectivity index (χ2n) is 9.35. The van der Waals surface area contributed by atoms with Crippen molar-refractivity contribution in [2.45, 2.75) is 31.7 Å². The molecule has 0 radical (unpaired) electrons. The summed E-state index contributed by atoms with van der Waals surface area (Å²) in [6.45, 7) is 1.69. The molecule has 1 aliphatic carbocycles. The van der Waals surface area contributed by atoms with Crippen molar-refractivity contribution >= 4 is 23.5 Å². The van der Waals surface area contributed by atoms with Crippen LogP contribution >= 0.6 is 11.6 Å². The number of carboxylic acids is 1. The minimum Gasteiger partial charge on any atom is -0.550 e. The number of hydrogen-bond acceptors (Lipinski definition) is 4. The molecule has 0 saturated heterocycles. The molecule has 5 nitrogen and oxygen atoms in total. The van der Waals surface area contributed by atoms with Gasteiger partial charge in [-0.1, -0.05) is 78.3 Å². The van der Waals surface area contributed by atoms with E-state index in [1.54, 1.807) is 0 Å². The van der Waals surface area contributed by atoms with Crippen molar-refractivity contribution in [3.8, 4) is 11.1 Å². The molecule has 0 unspecified atom stereocenters. The van der Waals surface area contributed by atoms with Crippen LogP contribution in [0.2, 0.25) is 5.02 Å². The topological polar surface area (TPSA) is 89.5 Å². The van der Waals surface area contributed by atoms with Gasteiger partial charge in [-0.25, -0.2) is 0 Å². The van der Waals surface area contributed by atoms with Crippen molar-refractivity contribution in [1.29, 1.82) is 0 Å². The number of carboxylic acid groups (broad SMARTS) is 1. The molecule has 5 atom stereocenters. The Hall–Kier alpha value is -2.15. The van der Waals surface area contributed by atoms with Gasteiger partial charge >= 0.3 is 29.6 Å². The fourth-order valence-electron chi connectivity index (χ4n) is 5.01. The third-order valence-electron chi connectivity index (χ3n) is 7.13. The zero-order valence-electron chi connectivity index (χ0n) is 20.6. The number of aliphatic hydroxyl groups excluding tert-OH is 1. The van der Waals surface area contributed by atoms with Crippen LogP contribution in [0, 0.1) is 17.8 Å². The van der Waals surface area contributed by atoms with Crippen LogP contribution in [0.3, 0.4) is 0 Å². The Bertz CT molecular complexity index is 1150. The molecule has 7 heteroatoms. The first kappa shape index (κ1) is 28.4. The molecular weight excluding hydrogens is 485 g/mol. The van der Waals surface area contributed by atoms with Crippen LogP contribution in [-0.2, 0) is 16.0 Å². The van der Waals surface area contributed by atoms with E-state index in [2.05, 4.69) is 41.7 Å². The van der Waals surface area contributed by atoms with Crippen molar-refractivity contribution in [3.63, 3.8) is 0 Å². The molecule has 0 aliphatic heterocycles. The molecule has 0 spiro atoms. The van der Waals surface area contributed by atoms with Gasteiger partial charge in [0.2, 0.25) is 5.91 Å². The molecule has 4 rings (SSSR count). The Balaban J connectivity index is 0.00000361. The summed E-state index contributed by atoms with van der Waals surface area (Å²) in [4.78, 5) is 24.5. The smallest absolute Gasteiger partial charge is 0.550 e. The molecule has 2 N–H and O–H groups in total. The predicted octanol–water partition coefficient (Wildman–Crippen LogP) is 0.837. The zero-order chi connectivity index (χ0) is 24.9. The van der Waals surface area contributed by atoms with Gasteiger partial charge in [0.15, 0.2) is 0 Å². The van der Waals surface area contributed by atoms with Gasteiger partial charge < -0.3 is 20.3 Å². The molecule has 182 valence electrons. The Kier molecular flexibility index (Phi) is 10.2. The second-order valence-corrected chi connectivity index (χ2v) is 9.79. The third-order valence-corrected chi connectivity index (χ3v) is 7.38. The fraction of sp³-hybridized carbons (Fsp3) is 0.310. The number of rotatable bonds is 9. The minimum absolute atomic E-state index is 0. The van der Waals surface area contributed by atoms with Gasteiger partial charge in [-0.15, -0.1) is 0 Å². The number of nitrogens with one attached hydrogen (secondary N) is 1. The van der Waals surface area contributed by atoms with Gasteiger partial charge in [0.1, 0.15) is 0 Å². The van der Waals surface area contributed by atoms with E-state index >= 15 is 0 Å². The third kappa shape index (κ3) is 6.58. The molecule has 1 saturated carbocycles. The molecule has 1 aliphatic rings. The largest absolute Gasteiger partial charge is 1.00 e. The maximum absolute atomic E-state index is 13.0. The van der Waals surface area contributed by atoms with E-state index < -0.39 is 23.7 Å². The SMILES string of the molecule is C[C@H](NC(=O)[C@H]1C[C@H](CO)[C@@H]1C(=O)[O-])[C@H](Cc1ccc(Cl)cc1)c1ccc(-c2ccccc2)cc1.[Na+]. The first-order valence-electron chi connectivity index (χ1n) is 11.9. The Labute approximate surface area is 239 Å². The summed E-state index contributed by atoms with van der Waals surface area (Å²) in [6, 6.07) is 25.9. The first-order valence-corrected chi connectivity index (χ1v) is 12.3. The van der Waals surface area contributed by atoms with Gasteiger partial charge in [0.25, 0.3) is 0 Å². The van der Waals surface area contributed by atoms with E-state index in [0.717, 1.165) is 22.3 Å². The van der Waals surface area contributed by atoms with Crippen molar-refractivity contribution in [3.05, 3.63) is 95.0 Å². The van der Waals surface area contributed by atoms with E-state index in [-0.39, 0.29) is 54.0 Å². The van der Waals surface area contributed by atoms with Crippen LogP contribution in [0.5, 0.6) is 0 Å². The Morgan fingerprint density at radius 1 is 1.00 bits per heavy atom. The van der Waals surface area contributed by atoms with Crippen LogP contribution in [-0.4, -0.2) is 29.6 Å². The molecule has 0 aromatic heterocycles. The summed E-state index contributed by atoms with van der Waals surface area (Å²) >= 11 is 6.06. The summed E-state index contributed by atoms with van der Waals surface area (Å²) in [7, 11) is 0. The molecule has 1 amide bonds. The molecule has 36 heavy (non-hydrogen) atoms. The normalized spacial score (nSPS) is 20.4. The van der Waals surface area contributed by atoms with Crippen molar-refractivity contribution in [2.24, 2.45) is 17.8 Å². The monoisotopic (exact) mass is 513 g/mol.